The Morgan fingerprint density at radius 3 is 1.30 bits per heavy atom. The first kappa shape index (κ1) is 40.3. The van der Waals surface area contributed by atoms with Crippen LogP contribution in [0.4, 0.5) is 0 Å². The van der Waals surface area contributed by atoms with E-state index in [1.54, 1.807) is 87.0 Å². The molecule has 4 aromatic carbocycles. The van der Waals surface area contributed by atoms with Crippen molar-refractivity contribution in [2.24, 2.45) is 0 Å². The van der Waals surface area contributed by atoms with Gasteiger partial charge in [0.05, 0.1) is 43.1 Å². The van der Waals surface area contributed by atoms with Gasteiger partial charge in [-0.25, -0.2) is 0 Å². The van der Waals surface area contributed by atoms with Crippen LogP contribution < -0.4 is 43.8 Å². The largest absolute Gasteiger partial charge is 1.00 e. The number of methoxy groups -OCH3 is 2. The first-order chi connectivity index (χ1) is 23.8. The molecule has 0 spiro atoms. The monoisotopic (exact) mass is 754 g/mol. The van der Waals surface area contributed by atoms with Gasteiger partial charge in [-0.2, -0.15) is 0 Å². The maximum atomic E-state index is 12.2. The number of aromatic hydroxyl groups is 1. The molecule has 1 N–H and O–H groups in total. The van der Waals surface area contributed by atoms with Crippen molar-refractivity contribution in [3.05, 3.63) is 119 Å². The van der Waals surface area contributed by atoms with E-state index < -0.39 is 0 Å². The number of imide groups is 2. The van der Waals surface area contributed by atoms with Gasteiger partial charge >= 0.3 is 29.6 Å². The first-order valence-corrected chi connectivity index (χ1v) is 17.0. The Bertz CT molecular complexity index is 1670. The second-order valence-electron chi connectivity index (χ2n) is 10.9. The van der Waals surface area contributed by atoms with Crippen molar-refractivity contribution in [3.63, 3.8) is 0 Å². The third-order valence-corrected chi connectivity index (χ3v) is 8.26. The van der Waals surface area contributed by atoms with Crippen LogP contribution in [-0.4, -0.2) is 77.8 Å². The molecule has 4 amide bonds. The molecule has 0 fully saturated rings. The maximum Gasteiger partial charge on any atom is 1.00 e. The van der Waals surface area contributed by atoms with E-state index in [9.17, 15) is 19.2 Å². The SMILES string of the molecule is COc1ccc(O)cc1.COc1ccc(OCCCCN2C(=O)c3ccccc3C2=O)cc1.O=C1c2ccccc2C(=O)N1CCCCBr.[H-].[Na+]. The van der Waals surface area contributed by atoms with E-state index in [0.717, 1.165) is 41.8 Å². The van der Waals surface area contributed by atoms with Crippen LogP contribution in [-0.2, 0) is 0 Å². The van der Waals surface area contributed by atoms with Crippen molar-refractivity contribution < 1.29 is 69.5 Å². The molecule has 0 saturated carbocycles. The first-order valence-electron chi connectivity index (χ1n) is 15.8. The summed E-state index contributed by atoms with van der Waals surface area (Å²) in [6.45, 7) is 1.46. The fourth-order valence-corrected chi connectivity index (χ4v) is 5.46. The van der Waals surface area contributed by atoms with Crippen LogP contribution in [0.2, 0.25) is 0 Å². The van der Waals surface area contributed by atoms with E-state index in [0.29, 0.717) is 48.4 Å². The van der Waals surface area contributed by atoms with Crippen molar-refractivity contribution in [3.8, 4) is 23.0 Å². The molecule has 6 rings (SSSR count). The van der Waals surface area contributed by atoms with Gasteiger partial charge in [0.1, 0.15) is 23.0 Å². The van der Waals surface area contributed by atoms with Crippen molar-refractivity contribution in [1.82, 2.24) is 9.80 Å². The van der Waals surface area contributed by atoms with E-state index in [4.69, 9.17) is 19.3 Å². The normalized spacial score (nSPS) is 12.5. The smallest absolute Gasteiger partial charge is 1.00 e. The van der Waals surface area contributed by atoms with E-state index in [2.05, 4.69) is 15.9 Å². The minimum absolute atomic E-state index is 0. The number of rotatable bonds is 12. The molecule has 4 aromatic rings. The summed E-state index contributed by atoms with van der Waals surface area (Å²) in [4.78, 5) is 50.9. The average Bonchev–Trinajstić information content (AvgIpc) is 3.53. The molecule has 2 aliphatic rings. The van der Waals surface area contributed by atoms with Gasteiger partial charge in [0.2, 0.25) is 0 Å². The molecular weight excluding hydrogens is 715 g/mol. The van der Waals surface area contributed by atoms with E-state index in [-0.39, 0.29) is 60.4 Å². The summed E-state index contributed by atoms with van der Waals surface area (Å²) in [5.74, 6) is 1.86. The van der Waals surface area contributed by atoms with Gasteiger partial charge in [-0.05, 0) is 98.5 Å². The van der Waals surface area contributed by atoms with E-state index >= 15 is 0 Å². The van der Waals surface area contributed by atoms with Crippen molar-refractivity contribution in [2.45, 2.75) is 25.7 Å². The predicted molar refractivity (Wildman–Crippen MR) is 190 cm³/mol. The number of halogens is 1. The van der Waals surface area contributed by atoms with Gasteiger partial charge in [-0.1, -0.05) is 40.2 Å². The number of fused-ring (bicyclic) bond motifs is 2. The molecule has 50 heavy (non-hydrogen) atoms. The number of benzene rings is 4. The third kappa shape index (κ3) is 10.7. The number of ether oxygens (including phenoxy) is 3. The zero-order chi connectivity index (χ0) is 35.2. The summed E-state index contributed by atoms with van der Waals surface area (Å²) in [7, 11) is 3.21. The Hall–Kier alpha value is -4.16. The summed E-state index contributed by atoms with van der Waals surface area (Å²) in [5, 5.41) is 9.70. The van der Waals surface area contributed by atoms with Crippen molar-refractivity contribution >= 4 is 39.6 Å². The molecule has 0 saturated heterocycles. The number of amides is 4. The Balaban J connectivity index is 0.000000288. The fraction of sp³-hybridized carbons (Fsp3) is 0.263. The topological polar surface area (TPSA) is 123 Å². The van der Waals surface area contributed by atoms with Crippen molar-refractivity contribution in [1.29, 1.82) is 0 Å². The van der Waals surface area contributed by atoms with Gasteiger partial charge < -0.3 is 20.7 Å². The van der Waals surface area contributed by atoms with Gasteiger partial charge in [0.15, 0.2) is 0 Å². The van der Waals surface area contributed by atoms with Crippen LogP contribution in [0.1, 0.15) is 68.5 Å². The quantitative estimate of drug-likeness (QED) is 0.0993. The van der Waals surface area contributed by atoms with E-state index in [1.165, 1.54) is 9.80 Å². The summed E-state index contributed by atoms with van der Waals surface area (Å²) in [6, 6.07) is 27.9. The Labute approximate surface area is 324 Å². The van der Waals surface area contributed by atoms with Crippen LogP contribution in [0.25, 0.3) is 0 Å². The predicted octanol–water partition coefficient (Wildman–Crippen LogP) is 4.13. The maximum absolute atomic E-state index is 12.2. The van der Waals surface area contributed by atoms with Gasteiger partial charge in [0, 0.05) is 18.4 Å². The molecule has 2 aliphatic heterocycles. The molecular formula is C38H40BrN2NaO8. The zero-order valence-electron chi connectivity index (χ0n) is 29.5. The molecule has 0 unspecified atom stereocenters. The van der Waals surface area contributed by atoms with Crippen LogP contribution in [0.5, 0.6) is 23.0 Å². The van der Waals surface area contributed by atoms with Crippen LogP contribution >= 0.6 is 15.9 Å². The van der Waals surface area contributed by atoms with Crippen LogP contribution in [0, 0.1) is 0 Å². The van der Waals surface area contributed by atoms with Gasteiger partial charge in [-0.3, -0.25) is 29.0 Å². The molecule has 12 heteroatoms. The number of carbonyl (C=O) groups is 4. The molecule has 0 aromatic heterocycles. The summed E-state index contributed by atoms with van der Waals surface area (Å²) < 4.78 is 15.6. The molecule has 258 valence electrons. The third-order valence-electron chi connectivity index (χ3n) is 7.70. The zero-order valence-corrected chi connectivity index (χ0v) is 32.1. The number of nitrogens with zero attached hydrogens (tertiary/aromatic N) is 2. The molecule has 2 heterocycles. The fourth-order valence-electron chi connectivity index (χ4n) is 5.07. The summed E-state index contributed by atoms with van der Waals surface area (Å²) in [5.41, 5.74) is 2.06. The Kier molecular flexibility index (Phi) is 16.5. The number of unbranched alkanes of at least 4 members (excludes halogenated alkanes) is 2. The second-order valence-corrected chi connectivity index (χ2v) is 11.7. The van der Waals surface area contributed by atoms with Crippen LogP contribution in [0.3, 0.4) is 0 Å². The minimum Gasteiger partial charge on any atom is -1.00 e. The van der Waals surface area contributed by atoms with E-state index in [1.807, 2.05) is 24.3 Å². The molecule has 0 atom stereocenters. The van der Waals surface area contributed by atoms with Crippen LogP contribution in [0.15, 0.2) is 97.1 Å². The minimum atomic E-state index is -0.202. The molecule has 0 bridgehead atoms. The second kappa shape index (κ2) is 20.5. The summed E-state index contributed by atoms with van der Waals surface area (Å²) >= 11 is 3.33. The number of hydrogen-bond acceptors (Lipinski definition) is 8. The Morgan fingerprint density at radius 2 is 0.920 bits per heavy atom. The Morgan fingerprint density at radius 1 is 0.560 bits per heavy atom. The van der Waals surface area contributed by atoms with Gasteiger partial charge in [0.25, 0.3) is 23.6 Å². The molecule has 0 radical (unpaired) electrons. The summed E-state index contributed by atoms with van der Waals surface area (Å²) in [6.07, 6.45) is 3.28. The molecule has 0 aliphatic carbocycles. The standard InChI is InChI=1S/C19H19NO4.C12H12BrNO2.C7H8O2.Na.H/c1-23-14-8-10-15(11-9-14)24-13-5-4-12-20-18(21)16-6-2-3-7-17(16)19(20)22;13-7-3-4-8-14-11(15)9-5-1-2-6-10(9)12(14)16;1-9-7-4-2-6(8)3-5-7;;/h2-3,6-11H,4-5,12-13H2,1H3;1-2,5-6H,3-4,7-8H2;2-5,8H,1H3;;/q;;;+1;-1. The molecule has 10 nitrogen and oxygen atoms in total. The number of carbonyl (C=O) groups excluding carboxylic acids is 4. The van der Waals surface area contributed by atoms with Crippen molar-refractivity contribution in [2.75, 3.05) is 39.2 Å². The number of hydrogen-bond donors (Lipinski definition) is 1. The number of phenolic OH excluding ortho intramolecular Hbond substituents is 1. The number of alkyl halides is 1. The number of phenols is 1. The average molecular weight is 756 g/mol. The van der Waals surface area contributed by atoms with Gasteiger partial charge in [-0.15, -0.1) is 0 Å².